The zero-order valence-corrected chi connectivity index (χ0v) is 10.3. The molecule has 0 fully saturated rings. The fraction of sp³-hybridized carbons (Fsp3) is 0.143. The lowest BCUT2D eigenvalue weighted by molar-refractivity contribution is 0.302. The average Bonchev–Trinajstić information content (AvgIpc) is 2.38. The Morgan fingerprint density at radius 2 is 1.94 bits per heavy atom. The summed E-state index contributed by atoms with van der Waals surface area (Å²) in [6, 6.07) is 14.8. The third-order valence-electron chi connectivity index (χ3n) is 2.89. The highest BCUT2D eigenvalue weighted by molar-refractivity contribution is 9.08. The lowest BCUT2D eigenvalue weighted by Crippen LogP contribution is -2.05. The molecule has 0 spiro atoms. The predicted octanol–water partition coefficient (Wildman–Crippen LogP) is 4.14. The Labute approximate surface area is 103 Å². The van der Waals surface area contributed by atoms with Crippen molar-refractivity contribution in [2.24, 2.45) is 0 Å². The maximum atomic E-state index is 5.77. The Morgan fingerprint density at radius 1 is 1.06 bits per heavy atom. The molecule has 0 aromatic heterocycles. The molecule has 0 saturated heterocycles. The molecule has 0 unspecified atom stereocenters. The van der Waals surface area contributed by atoms with E-state index in [1.54, 1.807) is 0 Å². The number of alkyl halides is 1. The summed E-state index contributed by atoms with van der Waals surface area (Å²) >= 11 is 3.46. The summed E-state index contributed by atoms with van der Waals surface area (Å²) in [6.45, 7) is 0.676. The van der Waals surface area contributed by atoms with E-state index in [1.165, 1.54) is 22.3 Å². The Kier molecular flexibility index (Phi) is 2.44. The van der Waals surface area contributed by atoms with Crippen molar-refractivity contribution < 1.29 is 4.74 Å². The van der Waals surface area contributed by atoms with Crippen molar-refractivity contribution in [1.82, 2.24) is 0 Å². The minimum atomic E-state index is 0.676. The van der Waals surface area contributed by atoms with Crippen LogP contribution in [-0.4, -0.2) is 0 Å². The number of rotatable bonds is 1. The first kappa shape index (κ1) is 9.91. The number of hydrogen-bond donors (Lipinski definition) is 0. The quantitative estimate of drug-likeness (QED) is 0.711. The van der Waals surface area contributed by atoms with E-state index in [2.05, 4.69) is 58.4 Å². The molecule has 0 amide bonds. The molecule has 0 radical (unpaired) electrons. The van der Waals surface area contributed by atoms with Gasteiger partial charge in [-0.1, -0.05) is 52.3 Å². The van der Waals surface area contributed by atoms with Crippen molar-refractivity contribution in [3.05, 3.63) is 53.6 Å². The molecule has 2 aromatic rings. The van der Waals surface area contributed by atoms with Crippen LogP contribution >= 0.6 is 15.9 Å². The van der Waals surface area contributed by atoms with Gasteiger partial charge in [-0.2, -0.15) is 0 Å². The number of halogens is 1. The third-order valence-corrected chi connectivity index (χ3v) is 3.54. The number of ether oxygens (including phenoxy) is 1. The molecule has 1 aliphatic heterocycles. The standard InChI is InChI=1S/C14H11BrO/c15-8-10-5-6-13-12-4-2-1-3-11(12)9-16-14(13)7-10/h1-7H,8-9H2. The van der Waals surface area contributed by atoms with Gasteiger partial charge >= 0.3 is 0 Å². The molecule has 0 aliphatic carbocycles. The molecule has 1 nitrogen and oxygen atoms in total. The second-order valence-corrected chi connectivity index (χ2v) is 4.47. The second-order valence-electron chi connectivity index (χ2n) is 3.91. The Morgan fingerprint density at radius 3 is 2.81 bits per heavy atom. The van der Waals surface area contributed by atoms with E-state index < -0.39 is 0 Å². The maximum Gasteiger partial charge on any atom is 0.127 e. The minimum absolute atomic E-state index is 0.676. The van der Waals surface area contributed by atoms with Crippen LogP contribution in [-0.2, 0) is 11.9 Å². The minimum Gasteiger partial charge on any atom is -0.488 e. The van der Waals surface area contributed by atoms with Gasteiger partial charge in [0, 0.05) is 10.9 Å². The topological polar surface area (TPSA) is 9.23 Å². The molecule has 0 N–H and O–H groups in total. The van der Waals surface area contributed by atoms with Crippen LogP contribution in [0.4, 0.5) is 0 Å². The fourth-order valence-electron chi connectivity index (χ4n) is 2.06. The van der Waals surface area contributed by atoms with Gasteiger partial charge in [-0.25, -0.2) is 0 Å². The zero-order chi connectivity index (χ0) is 11.0. The predicted molar refractivity (Wildman–Crippen MR) is 68.8 cm³/mol. The summed E-state index contributed by atoms with van der Waals surface area (Å²) in [5.41, 5.74) is 5.01. The van der Waals surface area contributed by atoms with Gasteiger partial charge in [-0.15, -0.1) is 0 Å². The molecule has 3 rings (SSSR count). The Balaban J connectivity index is 2.18. The molecule has 1 aliphatic rings. The molecule has 2 heteroatoms. The third kappa shape index (κ3) is 1.54. The number of fused-ring (bicyclic) bond motifs is 3. The van der Waals surface area contributed by atoms with Crippen molar-refractivity contribution in [3.63, 3.8) is 0 Å². The lowest BCUT2D eigenvalue weighted by atomic mass is 9.96. The van der Waals surface area contributed by atoms with E-state index in [-0.39, 0.29) is 0 Å². The summed E-state index contributed by atoms with van der Waals surface area (Å²) in [6.07, 6.45) is 0. The molecule has 2 aromatic carbocycles. The van der Waals surface area contributed by atoms with Crippen LogP contribution in [0.25, 0.3) is 11.1 Å². The van der Waals surface area contributed by atoms with Gasteiger partial charge in [0.25, 0.3) is 0 Å². The van der Waals surface area contributed by atoms with Crippen LogP contribution in [0, 0.1) is 0 Å². The van der Waals surface area contributed by atoms with E-state index in [9.17, 15) is 0 Å². The van der Waals surface area contributed by atoms with Crippen LogP contribution in [0.15, 0.2) is 42.5 Å². The van der Waals surface area contributed by atoms with Crippen molar-refractivity contribution in [2.45, 2.75) is 11.9 Å². The molecule has 0 atom stereocenters. The van der Waals surface area contributed by atoms with E-state index >= 15 is 0 Å². The van der Waals surface area contributed by atoms with Gasteiger partial charge in [0.05, 0.1) is 0 Å². The van der Waals surface area contributed by atoms with Crippen LogP contribution in [0.1, 0.15) is 11.1 Å². The molecular weight excluding hydrogens is 264 g/mol. The fourth-order valence-corrected chi connectivity index (χ4v) is 2.41. The first-order valence-electron chi connectivity index (χ1n) is 5.28. The molecule has 16 heavy (non-hydrogen) atoms. The highest BCUT2D eigenvalue weighted by Crippen LogP contribution is 2.37. The van der Waals surface area contributed by atoms with Crippen LogP contribution in [0.5, 0.6) is 5.75 Å². The van der Waals surface area contributed by atoms with Gasteiger partial charge in [0.1, 0.15) is 12.4 Å². The summed E-state index contributed by atoms with van der Waals surface area (Å²) < 4.78 is 5.77. The van der Waals surface area contributed by atoms with Gasteiger partial charge in [0.2, 0.25) is 0 Å². The Bertz CT molecular complexity index is 534. The van der Waals surface area contributed by atoms with Gasteiger partial charge < -0.3 is 4.74 Å². The highest BCUT2D eigenvalue weighted by Gasteiger charge is 2.16. The van der Waals surface area contributed by atoms with Crippen molar-refractivity contribution in [2.75, 3.05) is 0 Å². The molecule has 0 bridgehead atoms. The van der Waals surface area contributed by atoms with Crippen molar-refractivity contribution in [3.8, 4) is 16.9 Å². The van der Waals surface area contributed by atoms with Crippen LogP contribution < -0.4 is 4.74 Å². The summed E-state index contributed by atoms with van der Waals surface area (Å²) in [7, 11) is 0. The molecule has 1 heterocycles. The zero-order valence-electron chi connectivity index (χ0n) is 8.74. The average molecular weight is 275 g/mol. The monoisotopic (exact) mass is 274 g/mol. The van der Waals surface area contributed by atoms with E-state index in [0.29, 0.717) is 6.61 Å². The van der Waals surface area contributed by atoms with Gasteiger partial charge in [-0.3, -0.25) is 0 Å². The van der Waals surface area contributed by atoms with E-state index in [0.717, 1.165) is 11.1 Å². The van der Waals surface area contributed by atoms with Crippen molar-refractivity contribution in [1.29, 1.82) is 0 Å². The summed E-state index contributed by atoms with van der Waals surface area (Å²) in [5.74, 6) is 0.996. The number of benzene rings is 2. The van der Waals surface area contributed by atoms with Gasteiger partial charge in [-0.05, 0) is 22.8 Å². The number of hydrogen-bond acceptors (Lipinski definition) is 1. The normalized spacial score (nSPS) is 12.6. The largest absolute Gasteiger partial charge is 0.488 e. The second kappa shape index (κ2) is 3.95. The highest BCUT2D eigenvalue weighted by atomic mass is 79.9. The van der Waals surface area contributed by atoms with Gasteiger partial charge in [0.15, 0.2) is 0 Å². The summed E-state index contributed by atoms with van der Waals surface area (Å²) in [4.78, 5) is 0. The molecule has 80 valence electrons. The lowest BCUT2D eigenvalue weighted by Gasteiger charge is -2.21. The first-order valence-corrected chi connectivity index (χ1v) is 6.40. The SMILES string of the molecule is BrCc1ccc2c(c1)OCc1ccccc1-2. The van der Waals surface area contributed by atoms with Crippen LogP contribution in [0.2, 0.25) is 0 Å². The van der Waals surface area contributed by atoms with E-state index in [4.69, 9.17) is 4.74 Å². The van der Waals surface area contributed by atoms with E-state index in [1.807, 2.05) is 0 Å². The maximum absolute atomic E-state index is 5.77. The van der Waals surface area contributed by atoms with Crippen LogP contribution in [0.3, 0.4) is 0 Å². The Hall–Kier alpha value is -1.28. The smallest absolute Gasteiger partial charge is 0.127 e. The molecular formula is C14H11BrO. The molecule has 0 saturated carbocycles. The summed E-state index contributed by atoms with van der Waals surface area (Å²) in [5, 5.41) is 0.866. The van der Waals surface area contributed by atoms with Crippen molar-refractivity contribution >= 4 is 15.9 Å². The first-order chi connectivity index (χ1) is 7.88.